The molecule has 0 spiro atoms. The normalized spacial score (nSPS) is 11.5. The molecule has 0 radical (unpaired) electrons. The molecular formula is C7H7ClF3N3O. The number of hydrogen-bond donors (Lipinski definition) is 2. The molecule has 0 atom stereocenters. The van der Waals surface area contributed by atoms with E-state index in [1.807, 2.05) is 0 Å². The van der Waals surface area contributed by atoms with Crippen molar-refractivity contribution >= 4 is 17.3 Å². The lowest BCUT2D eigenvalue weighted by atomic mass is 10.3. The van der Waals surface area contributed by atoms with E-state index in [2.05, 4.69) is 9.72 Å². The van der Waals surface area contributed by atoms with Gasteiger partial charge in [-0.15, -0.1) is 13.2 Å². The van der Waals surface area contributed by atoms with Crippen molar-refractivity contribution < 1.29 is 17.9 Å². The fourth-order valence-electron chi connectivity index (χ4n) is 0.902. The van der Waals surface area contributed by atoms with Gasteiger partial charge in [-0.1, -0.05) is 11.6 Å². The first-order valence-corrected chi connectivity index (χ1v) is 4.11. The Hall–Kier alpha value is -1.21. The van der Waals surface area contributed by atoms with Gasteiger partial charge in [0.05, 0.1) is 16.4 Å². The van der Waals surface area contributed by atoms with Crippen molar-refractivity contribution in [3.8, 4) is 5.75 Å². The maximum Gasteiger partial charge on any atom is 0.573 e. The Kier molecular flexibility index (Phi) is 3.25. The summed E-state index contributed by atoms with van der Waals surface area (Å²) in [7, 11) is 0. The zero-order valence-corrected chi connectivity index (χ0v) is 8.06. The summed E-state index contributed by atoms with van der Waals surface area (Å²) in [5, 5.41) is -0.119. The van der Waals surface area contributed by atoms with Crippen molar-refractivity contribution in [2.75, 3.05) is 5.73 Å². The van der Waals surface area contributed by atoms with Crippen molar-refractivity contribution in [2.24, 2.45) is 5.73 Å². The van der Waals surface area contributed by atoms with Crippen LogP contribution in [0.25, 0.3) is 0 Å². The minimum Gasteiger partial charge on any atom is -0.401 e. The number of ether oxygens (including phenoxy) is 1. The Morgan fingerprint density at radius 2 is 2.07 bits per heavy atom. The largest absolute Gasteiger partial charge is 0.573 e. The molecule has 0 bridgehead atoms. The van der Waals surface area contributed by atoms with Gasteiger partial charge in [0.25, 0.3) is 0 Å². The number of pyridine rings is 1. The molecule has 0 aromatic carbocycles. The average Bonchev–Trinajstić information content (AvgIpc) is 2.11. The zero-order valence-electron chi connectivity index (χ0n) is 7.31. The fourth-order valence-corrected chi connectivity index (χ4v) is 1.04. The fraction of sp³-hybridized carbons (Fsp3) is 0.286. The molecule has 4 N–H and O–H groups in total. The average molecular weight is 242 g/mol. The van der Waals surface area contributed by atoms with E-state index in [0.717, 1.165) is 6.20 Å². The summed E-state index contributed by atoms with van der Waals surface area (Å²) in [5.41, 5.74) is 10.1. The molecule has 8 heteroatoms. The standard InChI is InChI=1S/C7H7ClF3N3O/c8-3-2-14-4(1-12)6(5(3)13)15-7(9,10)11/h2H,1,12H2,(H2,13,14). The molecule has 1 rings (SSSR count). The van der Waals surface area contributed by atoms with Crippen LogP contribution < -0.4 is 16.2 Å². The van der Waals surface area contributed by atoms with Crippen LogP contribution in [0.15, 0.2) is 6.20 Å². The Bertz CT molecular complexity index is 369. The van der Waals surface area contributed by atoms with Crippen LogP contribution in [0.2, 0.25) is 5.02 Å². The molecular weight excluding hydrogens is 235 g/mol. The van der Waals surface area contributed by atoms with Gasteiger partial charge >= 0.3 is 6.36 Å². The van der Waals surface area contributed by atoms with Crippen LogP contribution in [-0.2, 0) is 6.54 Å². The number of nitrogens with two attached hydrogens (primary N) is 2. The van der Waals surface area contributed by atoms with E-state index < -0.39 is 12.1 Å². The van der Waals surface area contributed by atoms with Gasteiger partial charge in [0.2, 0.25) is 0 Å². The molecule has 0 aliphatic heterocycles. The molecule has 0 aliphatic carbocycles. The third-order valence-electron chi connectivity index (χ3n) is 1.51. The number of alkyl halides is 3. The lowest BCUT2D eigenvalue weighted by Crippen LogP contribution is -2.20. The third kappa shape index (κ3) is 2.87. The van der Waals surface area contributed by atoms with Crippen LogP contribution in [0.4, 0.5) is 18.9 Å². The minimum absolute atomic E-state index is 0.103. The molecule has 0 saturated carbocycles. The van der Waals surface area contributed by atoms with Gasteiger partial charge in [-0.25, -0.2) is 0 Å². The number of anilines is 1. The predicted octanol–water partition coefficient (Wildman–Crippen LogP) is 1.67. The monoisotopic (exact) mass is 241 g/mol. The maximum atomic E-state index is 12.0. The SMILES string of the molecule is NCc1ncc(Cl)c(N)c1OC(F)(F)F. The number of aromatic nitrogens is 1. The highest BCUT2D eigenvalue weighted by Crippen LogP contribution is 2.35. The van der Waals surface area contributed by atoms with Crippen LogP contribution in [-0.4, -0.2) is 11.3 Å². The van der Waals surface area contributed by atoms with Crippen LogP contribution in [0.1, 0.15) is 5.69 Å². The second kappa shape index (κ2) is 4.11. The Morgan fingerprint density at radius 1 is 1.47 bits per heavy atom. The van der Waals surface area contributed by atoms with Crippen LogP contribution in [0, 0.1) is 0 Å². The van der Waals surface area contributed by atoms with Crippen molar-refractivity contribution in [1.29, 1.82) is 0 Å². The van der Waals surface area contributed by atoms with Gasteiger partial charge in [0, 0.05) is 12.7 Å². The maximum absolute atomic E-state index is 12.0. The Labute approximate surface area is 88.0 Å². The number of rotatable bonds is 2. The second-order valence-corrected chi connectivity index (χ2v) is 2.95. The van der Waals surface area contributed by atoms with E-state index in [4.69, 9.17) is 23.1 Å². The van der Waals surface area contributed by atoms with Crippen LogP contribution >= 0.6 is 11.6 Å². The third-order valence-corrected chi connectivity index (χ3v) is 1.81. The first-order valence-electron chi connectivity index (χ1n) is 3.74. The van der Waals surface area contributed by atoms with E-state index in [-0.39, 0.29) is 22.9 Å². The summed E-state index contributed by atoms with van der Waals surface area (Å²) in [6, 6.07) is 0. The molecule has 0 aliphatic rings. The van der Waals surface area contributed by atoms with E-state index in [9.17, 15) is 13.2 Å². The van der Waals surface area contributed by atoms with Crippen molar-refractivity contribution in [3.63, 3.8) is 0 Å². The summed E-state index contributed by atoms with van der Waals surface area (Å²) < 4.78 is 39.6. The summed E-state index contributed by atoms with van der Waals surface area (Å²) in [4.78, 5) is 3.58. The highest BCUT2D eigenvalue weighted by atomic mass is 35.5. The van der Waals surface area contributed by atoms with Gasteiger partial charge in [-0.2, -0.15) is 0 Å². The van der Waals surface area contributed by atoms with Gasteiger partial charge in [0.1, 0.15) is 0 Å². The predicted molar refractivity (Wildman–Crippen MR) is 48.2 cm³/mol. The van der Waals surface area contributed by atoms with Gasteiger partial charge in [-0.3, -0.25) is 4.98 Å². The first-order chi connectivity index (χ1) is 6.85. The topological polar surface area (TPSA) is 74.2 Å². The highest BCUT2D eigenvalue weighted by molar-refractivity contribution is 6.33. The number of hydrogen-bond acceptors (Lipinski definition) is 4. The summed E-state index contributed by atoms with van der Waals surface area (Å²) >= 11 is 5.50. The molecule has 0 saturated heterocycles. The van der Waals surface area contributed by atoms with E-state index in [1.165, 1.54) is 0 Å². The lowest BCUT2D eigenvalue weighted by Gasteiger charge is -2.14. The van der Waals surface area contributed by atoms with Gasteiger partial charge in [0.15, 0.2) is 5.75 Å². The Balaban J connectivity index is 3.18. The molecule has 84 valence electrons. The van der Waals surface area contributed by atoms with Gasteiger partial charge < -0.3 is 16.2 Å². The molecule has 1 aromatic heterocycles. The summed E-state index contributed by atoms with van der Waals surface area (Å²) in [5.74, 6) is -0.641. The van der Waals surface area contributed by atoms with E-state index in [0.29, 0.717) is 0 Å². The van der Waals surface area contributed by atoms with Gasteiger partial charge in [-0.05, 0) is 0 Å². The van der Waals surface area contributed by atoms with Crippen LogP contribution in [0.5, 0.6) is 5.75 Å². The van der Waals surface area contributed by atoms with Crippen LogP contribution in [0.3, 0.4) is 0 Å². The molecule has 0 unspecified atom stereocenters. The first kappa shape index (κ1) is 11.9. The molecule has 0 amide bonds. The molecule has 1 heterocycles. The minimum atomic E-state index is -4.86. The van der Waals surface area contributed by atoms with Crippen molar-refractivity contribution in [2.45, 2.75) is 12.9 Å². The summed E-state index contributed by atoms with van der Waals surface area (Å²) in [6.07, 6.45) is -3.74. The summed E-state index contributed by atoms with van der Waals surface area (Å²) in [6.45, 7) is -0.229. The van der Waals surface area contributed by atoms with E-state index in [1.54, 1.807) is 0 Å². The zero-order chi connectivity index (χ0) is 11.6. The smallest absolute Gasteiger partial charge is 0.401 e. The molecule has 0 fully saturated rings. The quantitative estimate of drug-likeness (QED) is 0.826. The highest BCUT2D eigenvalue weighted by Gasteiger charge is 2.33. The number of nitrogen functional groups attached to an aromatic ring is 1. The van der Waals surface area contributed by atoms with E-state index >= 15 is 0 Å². The Morgan fingerprint density at radius 3 is 2.53 bits per heavy atom. The van der Waals surface area contributed by atoms with Crippen molar-refractivity contribution in [3.05, 3.63) is 16.9 Å². The number of halogens is 4. The molecule has 1 aromatic rings. The number of nitrogens with zero attached hydrogens (tertiary/aromatic N) is 1. The van der Waals surface area contributed by atoms with Crippen molar-refractivity contribution in [1.82, 2.24) is 4.98 Å². The molecule has 15 heavy (non-hydrogen) atoms. The lowest BCUT2D eigenvalue weighted by molar-refractivity contribution is -0.274. The molecule has 4 nitrogen and oxygen atoms in total. The second-order valence-electron chi connectivity index (χ2n) is 2.55.